The molecule has 0 amide bonds. The zero-order valence-corrected chi connectivity index (χ0v) is 74.5. The number of unbranched alkanes of at least 4 members (excludes halogenated alkanes) is 84. The maximum atomic E-state index is 13.1. The first-order valence-electron chi connectivity index (χ1n) is 48.5. The third kappa shape index (κ3) is 91.8. The van der Waals surface area contributed by atoms with Gasteiger partial charge in [0.2, 0.25) is 0 Å². The maximum absolute atomic E-state index is 13.1. The van der Waals surface area contributed by atoms with Gasteiger partial charge in [-0.2, -0.15) is 0 Å². The molecule has 0 heterocycles. The number of rotatable bonds is 93. The quantitative estimate of drug-likeness (QED) is 0.0446. The molecule has 0 aliphatic rings. The zero-order chi connectivity index (χ0) is 74.1. The fraction of sp³-hybridized carbons (Fsp3) is 0.969. The minimum absolute atomic E-state index is 0.291. The van der Waals surface area contributed by atoms with Crippen molar-refractivity contribution in [3.8, 4) is 0 Å². The third-order valence-corrected chi connectivity index (χ3v) is 27.1. The number of carbonyl (C=O) groups excluding carboxylic acids is 3. The van der Waals surface area contributed by atoms with Crippen molar-refractivity contribution >= 4 is 41.0 Å². The average Bonchev–Trinajstić information content (AvgIpc) is 1.07. The van der Waals surface area contributed by atoms with Crippen LogP contribution in [0.1, 0.15) is 599 Å². The van der Waals surface area contributed by atoms with Crippen molar-refractivity contribution in [1.82, 2.24) is 0 Å². The van der Waals surface area contributed by atoms with Crippen molar-refractivity contribution in [2.75, 3.05) is 0 Å². The van der Waals surface area contributed by atoms with Crippen LogP contribution in [-0.2, 0) is 22.8 Å². The van der Waals surface area contributed by atoms with Crippen LogP contribution in [0.3, 0.4) is 0 Å². The predicted molar refractivity (Wildman–Crippen MR) is 457 cm³/mol. The van der Waals surface area contributed by atoms with Gasteiger partial charge in [-0.05, 0) is 0 Å². The molecule has 0 aliphatic heterocycles. The van der Waals surface area contributed by atoms with Crippen LogP contribution in [0.4, 0.5) is 0 Å². The Morgan fingerprint density at radius 1 is 0.136 bits per heavy atom. The summed E-state index contributed by atoms with van der Waals surface area (Å²) >= 11 is -4.07. The van der Waals surface area contributed by atoms with Crippen LogP contribution in [0.2, 0.25) is 0 Å². The molecule has 0 saturated carbocycles. The van der Waals surface area contributed by atoms with E-state index in [1.165, 1.54) is 501 Å². The number of hydrogen-bond acceptors (Lipinski definition) is 6. The SMILES string of the molecule is CCCCCCCCCCCCCCCCCCCCCCCCCCCCCCCC(=O)[O][Bi]([O]C(=O)CCCCCCCCCCCCCCCCCCCCCCCCCCCCCCC)[O]C(=O)CCCCCCCCCCCCCCCCCCCCCCCCCCCCCCC. The van der Waals surface area contributed by atoms with E-state index in [2.05, 4.69) is 20.8 Å². The molecule has 6 nitrogen and oxygen atoms in total. The summed E-state index contributed by atoms with van der Waals surface area (Å²) in [6.07, 6.45) is 120. The van der Waals surface area contributed by atoms with E-state index >= 15 is 0 Å². The molecule has 0 N–H and O–H groups in total. The summed E-state index contributed by atoms with van der Waals surface area (Å²) in [6.45, 7) is 6.92. The molecule has 0 fully saturated rings. The Hall–Kier alpha value is -0.707. The van der Waals surface area contributed by atoms with Crippen molar-refractivity contribution in [3.63, 3.8) is 0 Å². The summed E-state index contributed by atoms with van der Waals surface area (Å²) in [6, 6.07) is 0. The van der Waals surface area contributed by atoms with Crippen LogP contribution in [0.25, 0.3) is 0 Å². The first-order chi connectivity index (χ1) is 51.0. The molecule has 0 aromatic carbocycles. The van der Waals surface area contributed by atoms with Gasteiger partial charge in [0.25, 0.3) is 0 Å². The molecule has 7 heteroatoms. The molecule has 0 radical (unpaired) electrons. The van der Waals surface area contributed by atoms with Gasteiger partial charge in [-0.15, -0.1) is 0 Å². The van der Waals surface area contributed by atoms with Crippen LogP contribution >= 0.6 is 0 Å². The van der Waals surface area contributed by atoms with E-state index in [0.717, 1.165) is 57.8 Å². The van der Waals surface area contributed by atoms with Crippen molar-refractivity contribution < 1.29 is 22.8 Å². The summed E-state index contributed by atoms with van der Waals surface area (Å²) in [7, 11) is 0. The molecule has 0 bridgehead atoms. The van der Waals surface area contributed by atoms with E-state index in [4.69, 9.17) is 8.44 Å². The van der Waals surface area contributed by atoms with Crippen LogP contribution < -0.4 is 0 Å². The fourth-order valence-corrected chi connectivity index (χ4v) is 19.2. The minimum atomic E-state index is -4.07. The van der Waals surface area contributed by atoms with E-state index < -0.39 is 23.1 Å². The molecule has 0 spiro atoms. The molecule has 0 aliphatic carbocycles. The predicted octanol–water partition coefficient (Wildman–Crippen LogP) is 34.8. The van der Waals surface area contributed by atoms with E-state index in [1.54, 1.807) is 0 Å². The molecule has 0 atom stereocenters. The monoisotopic (exact) mass is 1650 g/mol. The summed E-state index contributed by atoms with van der Waals surface area (Å²) in [5, 5.41) is 0. The van der Waals surface area contributed by atoms with E-state index in [9.17, 15) is 14.4 Å². The number of hydrogen-bond donors (Lipinski definition) is 0. The summed E-state index contributed by atoms with van der Waals surface area (Å²) < 4.78 is 17.3. The Bertz CT molecular complexity index is 1410. The summed E-state index contributed by atoms with van der Waals surface area (Å²) in [4.78, 5) is 39.3. The summed E-state index contributed by atoms with van der Waals surface area (Å²) in [5.74, 6) is -1.11. The van der Waals surface area contributed by atoms with Crippen molar-refractivity contribution in [3.05, 3.63) is 0 Å². The van der Waals surface area contributed by atoms with Crippen molar-refractivity contribution in [2.24, 2.45) is 0 Å². The molecule has 0 saturated heterocycles. The van der Waals surface area contributed by atoms with Crippen molar-refractivity contribution in [2.45, 2.75) is 599 Å². The van der Waals surface area contributed by atoms with Gasteiger partial charge in [-0.3, -0.25) is 0 Å². The average molecular weight is 1650 g/mol. The van der Waals surface area contributed by atoms with Gasteiger partial charge >= 0.3 is 256 Å². The second-order valence-corrected chi connectivity index (χ2v) is 37.4. The topological polar surface area (TPSA) is 78.9 Å². The zero-order valence-electron chi connectivity index (χ0n) is 71.0. The second-order valence-electron chi connectivity index (χ2n) is 33.6. The Labute approximate surface area is 658 Å². The Balaban J connectivity index is 4.24. The molecular formula is C96H189BiO6. The normalized spacial score (nSPS) is 11.7. The first kappa shape index (κ1) is 102. The van der Waals surface area contributed by atoms with Crippen LogP contribution in [0.5, 0.6) is 0 Å². The van der Waals surface area contributed by atoms with E-state index in [-0.39, 0.29) is 17.9 Å². The molecular weight excluding hydrogens is 1460 g/mol. The Kier molecular flexibility index (Phi) is 93.0. The smallest absolute Gasteiger partial charge is 0.0654 e. The first-order valence-corrected chi connectivity index (χ1v) is 52.7. The third-order valence-electron chi connectivity index (χ3n) is 23.0. The molecule has 614 valence electrons. The standard InChI is InChI=1S/3C32H64O2.Bi/c3*1-2-3-4-5-6-7-8-9-10-11-12-13-14-15-16-17-18-19-20-21-22-23-24-25-26-27-28-29-30-31-32(33)34;/h3*2-31H2,1H3,(H,33,34);/q;;;+3/p-3. The molecule has 0 rings (SSSR count). The van der Waals surface area contributed by atoms with Gasteiger partial charge < -0.3 is 0 Å². The Morgan fingerprint density at radius 2 is 0.214 bits per heavy atom. The fourth-order valence-electron chi connectivity index (χ4n) is 15.8. The molecule has 103 heavy (non-hydrogen) atoms. The summed E-state index contributed by atoms with van der Waals surface area (Å²) in [5.41, 5.74) is 0. The van der Waals surface area contributed by atoms with Gasteiger partial charge in [-0.1, -0.05) is 406 Å². The molecule has 0 aromatic rings. The Morgan fingerprint density at radius 3 is 0.301 bits per heavy atom. The second kappa shape index (κ2) is 93.7. The van der Waals surface area contributed by atoms with Crippen LogP contribution in [0.15, 0.2) is 0 Å². The van der Waals surface area contributed by atoms with Gasteiger partial charge in [-0.25, -0.2) is 0 Å². The van der Waals surface area contributed by atoms with Gasteiger partial charge in [0.05, 0.1) is 0 Å². The van der Waals surface area contributed by atoms with E-state index in [0.29, 0.717) is 19.3 Å². The van der Waals surface area contributed by atoms with Gasteiger partial charge in [0.1, 0.15) is 0 Å². The minimum Gasteiger partial charge on any atom is -0.0654 e. The molecule has 0 unspecified atom stereocenters. The van der Waals surface area contributed by atoms with Crippen LogP contribution in [-0.4, -0.2) is 41.0 Å². The number of carbonyl (C=O) groups is 3. The van der Waals surface area contributed by atoms with Crippen molar-refractivity contribution in [1.29, 1.82) is 0 Å². The molecule has 0 aromatic heterocycles. The van der Waals surface area contributed by atoms with Gasteiger partial charge in [0.15, 0.2) is 0 Å². The van der Waals surface area contributed by atoms with Crippen LogP contribution in [0, 0.1) is 0 Å². The van der Waals surface area contributed by atoms with Gasteiger partial charge in [0, 0.05) is 0 Å². The van der Waals surface area contributed by atoms with E-state index in [1.807, 2.05) is 0 Å².